The van der Waals surface area contributed by atoms with Gasteiger partial charge in [-0.2, -0.15) is 0 Å². The van der Waals surface area contributed by atoms with Crippen molar-refractivity contribution in [2.75, 3.05) is 29.9 Å². The highest BCUT2D eigenvalue weighted by Gasteiger charge is 2.25. The third-order valence-corrected chi connectivity index (χ3v) is 4.29. The van der Waals surface area contributed by atoms with Crippen molar-refractivity contribution in [3.05, 3.63) is 11.9 Å². The molecule has 1 fully saturated rings. The van der Waals surface area contributed by atoms with E-state index in [-0.39, 0.29) is 6.10 Å². The molecule has 5 heteroatoms. The minimum atomic E-state index is -0.204. The molecular formula is C16H28N4O. The molecular weight excluding hydrogens is 264 g/mol. The van der Waals surface area contributed by atoms with Crippen LogP contribution in [0.5, 0.6) is 0 Å². The molecule has 2 N–H and O–H groups in total. The molecule has 1 aromatic heterocycles. The second-order valence-electron chi connectivity index (χ2n) is 5.87. The van der Waals surface area contributed by atoms with Gasteiger partial charge in [0.15, 0.2) is 0 Å². The summed E-state index contributed by atoms with van der Waals surface area (Å²) >= 11 is 0. The van der Waals surface area contributed by atoms with Crippen molar-refractivity contribution in [2.24, 2.45) is 5.92 Å². The minimum absolute atomic E-state index is 0.204. The van der Waals surface area contributed by atoms with Crippen molar-refractivity contribution >= 4 is 11.6 Å². The maximum absolute atomic E-state index is 9.73. The Hall–Kier alpha value is -1.36. The Kier molecular flexibility index (Phi) is 5.79. The Balaban J connectivity index is 2.17. The van der Waals surface area contributed by atoms with Crippen molar-refractivity contribution < 1.29 is 5.11 Å². The Labute approximate surface area is 127 Å². The van der Waals surface area contributed by atoms with Gasteiger partial charge in [-0.1, -0.05) is 13.3 Å². The molecule has 0 spiro atoms. The number of nitrogens with zero attached hydrogens (tertiary/aromatic N) is 3. The van der Waals surface area contributed by atoms with Gasteiger partial charge < -0.3 is 15.3 Å². The van der Waals surface area contributed by atoms with Crippen LogP contribution in [0.2, 0.25) is 0 Å². The fraction of sp³-hybridized carbons (Fsp3) is 0.750. The highest BCUT2D eigenvalue weighted by Crippen LogP contribution is 2.29. The highest BCUT2D eigenvalue weighted by atomic mass is 16.3. The first-order valence-electron chi connectivity index (χ1n) is 8.18. The van der Waals surface area contributed by atoms with E-state index in [2.05, 4.69) is 34.0 Å². The van der Waals surface area contributed by atoms with Gasteiger partial charge in [-0.15, -0.1) is 0 Å². The number of piperidine rings is 1. The summed E-state index contributed by atoms with van der Waals surface area (Å²) in [6.07, 6.45) is 5.60. The molecule has 2 heterocycles. The van der Waals surface area contributed by atoms with Crippen molar-refractivity contribution in [3.63, 3.8) is 0 Å². The molecule has 1 aliphatic rings. The largest absolute Gasteiger partial charge is 0.393 e. The molecule has 0 radical (unpaired) electrons. The molecule has 2 rings (SSSR count). The lowest BCUT2D eigenvalue weighted by Crippen LogP contribution is -2.38. The number of hydrogen-bond acceptors (Lipinski definition) is 5. The first-order chi connectivity index (χ1) is 10.2. The third kappa shape index (κ3) is 3.84. The van der Waals surface area contributed by atoms with Gasteiger partial charge in [-0.05, 0) is 39.0 Å². The monoisotopic (exact) mass is 292 g/mol. The van der Waals surface area contributed by atoms with E-state index >= 15 is 0 Å². The van der Waals surface area contributed by atoms with Crippen LogP contribution >= 0.6 is 0 Å². The van der Waals surface area contributed by atoms with Crippen LogP contribution < -0.4 is 10.2 Å². The number of aromatic nitrogens is 2. The summed E-state index contributed by atoms with van der Waals surface area (Å²) in [7, 11) is 0. The topological polar surface area (TPSA) is 61.3 Å². The molecule has 1 atom stereocenters. The van der Waals surface area contributed by atoms with Crippen LogP contribution in [-0.2, 0) is 6.42 Å². The number of aliphatic hydroxyl groups is 1. The molecule has 1 saturated heterocycles. The molecule has 0 amide bonds. The molecule has 1 unspecified atom stereocenters. The van der Waals surface area contributed by atoms with E-state index in [1.165, 1.54) is 5.56 Å². The summed E-state index contributed by atoms with van der Waals surface area (Å²) in [4.78, 5) is 11.3. The van der Waals surface area contributed by atoms with Crippen LogP contribution in [-0.4, -0.2) is 40.8 Å². The van der Waals surface area contributed by atoms with Crippen molar-refractivity contribution in [3.8, 4) is 0 Å². The fourth-order valence-electron chi connectivity index (χ4n) is 3.07. The van der Waals surface area contributed by atoms with Crippen molar-refractivity contribution in [2.45, 2.75) is 52.6 Å². The van der Waals surface area contributed by atoms with E-state index in [4.69, 9.17) is 0 Å². The van der Waals surface area contributed by atoms with Crippen LogP contribution in [0.15, 0.2) is 6.33 Å². The van der Waals surface area contributed by atoms with Gasteiger partial charge in [0.1, 0.15) is 18.0 Å². The first-order valence-corrected chi connectivity index (χ1v) is 8.18. The maximum Gasteiger partial charge on any atom is 0.137 e. The molecule has 118 valence electrons. The molecule has 21 heavy (non-hydrogen) atoms. The zero-order chi connectivity index (χ0) is 15.2. The maximum atomic E-state index is 9.73. The normalized spacial score (nSPS) is 17.8. The standard InChI is InChI=1S/C16H28N4O/c1-4-6-14-15(17-5-2)18-11-19-16(14)20-9-7-13(8-10-20)12(3)21/h11-13,21H,4-10H2,1-3H3,(H,17,18,19). The molecule has 1 aliphatic heterocycles. The number of rotatable bonds is 6. The van der Waals surface area contributed by atoms with Crippen molar-refractivity contribution in [1.29, 1.82) is 0 Å². The predicted molar refractivity (Wildman–Crippen MR) is 86.8 cm³/mol. The first kappa shape index (κ1) is 16.0. The third-order valence-electron chi connectivity index (χ3n) is 4.29. The summed E-state index contributed by atoms with van der Waals surface area (Å²) in [5.74, 6) is 2.47. The second-order valence-corrected chi connectivity index (χ2v) is 5.87. The van der Waals surface area contributed by atoms with Crippen molar-refractivity contribution in [1.82, 2.24) is 9.97 Å². The van der Waals surface area contributed by atoms with Gasteiger partial charge in [0, 0.05) is 25.2 Å². The second kappa shape index (κ2) is 7.59. The van der Waals surface area contributed by atoms with Crippen LogP contribution in [0.1, 0.15) is 45.6 Å². The lowest BCUT2D eigenvalue weighted by molar-refractivity contribution is 0.109. The van der Waals surface area contributed by atoms with E-state index in [9.17, 15) is 5.11 Å². The van der Waals surface area contributed by atoms with Gasteiger partial charge in [0.05, 0.1) is 6.10 Å². The molecule has 0 aliphatic carbocycles. The minimum Gasteiger partial charge on any atom is -0.393 e. The quantitative estimate of drug-likeness (QED) is 0.843. The SMILES string of the molecule is CCCc1c(NCC)ncnc1N1CCC(C(C)O)CC1. The zero-order valence-corrected chi connectivity index (χ0v) is 13.5. The lowest BCUT2D eigenvalue weighted by Gasteiger charge is -2.35. The van der Waals surface area contributed by atoms with Gasteiger partial charge in [-0.25, -0.2) is 9.97 Å². The Morgan fingerprint density at radius 1 is 1.33 bits per heavy atom. The summed E-state index contributed by atoms with van der Waals surface area (Å²) in [6.45, 7) is 8.98. The lowest BCUT2D eigenvalue weighted by atomic mass is 9.92. The van der Waals surface area contributed by atoms with Gasteiger partial charge in [0.25, 0.3) is 0 Å². The Morgan fingerprint density at radius 3 is 2.62 bits per heavy atom. The molecule has 1 aromatic rings. The predicted octanol–water partition coefficient (Wildman–Crippen LogP) is 2.46. The van der Waals surface area contributed by atoms with E-state index in [1.54, 1.807) is 6.33 Å². The number of aliphatic hydroxyl groups excluding tert-OH is 1. The van der Waals surface area contributed by atoms with Crippen LogP contribution in [0.3, 0.4) is 0 Å². The Morgan fingerprint density at radius 2 is 2.05 bits per heavy atom. The average molecular weight is 292 g/mol. The molecule has 0 aromatic carbocycles. The summed E-state index contributed by atoms with van der Waals surface area (Å²) < 4.78 is 0. The molecule has 5 nitrogen and oxygen atoms in total. The number of anilines is 2. The van der Waals surface area contributed by atoms with Gasteiger partial charge in [-0.3, -0.25) is 0 Å². The average Bonchev–Trinajstić information content (AvgIpc) is 2.49. The number of hydrogen-bond donors (Lipinski definition) is 2. The number of nitrogens with one attached hydrogen (secondary N) is 1. The van der Waals surface area contributed by atoms with E-state index in [0.29, 0.717) is 5.92 Å². The van der Waals surface area contributed by atoms with E-state index in [1.807, 2.05) is 6.92 Å². The van der Waals surface area contributed by atoms with E-state index < -0.39 is 0 Å². The molecule has 0 saturated carbocycles. The summed E-state index contributed by atoms with van der Waals surface area (Å²) in [5, 5.41) is 13.1. The smallest absolute Gasteiger partial charge is 0.137 e. The summed E-state index contributed by atoms with van der Waals surface area (Å²) in [5.41, 5.74) is 1.23. The van der Waals surface area contributed by atoms with Crippen LogP contribution in [0.25, 0.3) is 0 Å². The van der Waals surface area contributed by atoms with E-state index in [0.717, 1.165) is 57.0 Å². The fourth-order valence-corrected chi connectivity index (χ4v) is 3.07. The Bertz CT molecular complexity index is 442. The summed E-state index contributed by atoms with van der Waals surface area (Å²) in [6, 6.07) is 0. The molecule has 0 bridgehead atoms. The van der Waals surface area contributed by atoms with Crippen LogP contribution in [0.4, 0.5) is 11.6 Å². The zero-order valence-electron chi connectivity index (χ0n) is 13.5. The van der Waals surface area contributed by atoms with Crippen LogP contribution in [0, 0.1) is 5.92 Å². The van der Waals surface area contributed by atoms with Gasteiger partial charge in [0.2, 0.25) is 0 Å². The highest BCUT2D eigenvalue weighted by molar-refractivity contribution is 5.59. The van der Waals surface area contributed by atoms with Gasteiger partial charge >= 0.3 is 0 Å².